The summed E-state index contributed by atoms with van der Waals surface area (Å²) in [4.78, 5) is 17.7. The number of hydrazone groups is 1. The molecular formula is C37H32Cl2N4O3. The SMILES string of the molecule is CC(=O)C1=NN(c2ccccc2)[C@H](c2c(OCc3ccc(Cl)cc3Cl)ccc3ccccc23)N1c1ccc(N2CCOCC2)cc1. The second-order valence-electron chi connectivity index (χ2n) is 11.2. The monoisotopic (exact) mass is 650 g/mol. The lowest BCUT2D eigenvalue weighted by molar-refractivity contribution is -0.111. The molecule has 46 heavy (non-hydrogen) atoms. The van der Waals surface area contributed by atoms with Crippen molar-refractivity contribution >= 4 is 62.7 Å². The number of carbonyl (C=O) groups is 1. The highest BCUT2D eigenvalue weighted by Crippen LogP contribution is 2.45. The van der Waals surface area contributed by atoms with E-state index in [1.807, 2.05) is 70.6 Å². The van der Waals surface area contributed by atoms with Gasteiger partial charge in [0.1, 0.15) is 12.4 Å². The van der Waals surface area contributed by atoms with E-state index in [0.29, 0.717) is 34.8 Å². The van der Waals surface area contributed by atoms with Gasteiger partial charge in [-0.15, -0.1) is 5.10 Å². The molecular weight excluding hydrogens is 619 g/mol. The first-order valence-corrected chi connectivity index (χ1v) is 16.0. The van der Waals surface area contributed by atoms with Crippen LogP contribution in [0.4, 0.5) is 17.1 Å². The molecule has 0 bridgehead atoms. The van der Waals surface area contributed by atoms with Crippen molar-refractivity contribution < 1.29 is 14.3 Å². The van der Waals surface area contributed by atoms with Crippen molar-refractivity contribution in [3.63, 3.8) is 0 Å². The number of rotatable bonds is 8. The molecule has 1 fully saturated rings. The highest BCUT2D eigenvalue weighted by Gasteiger charge is 2.41. The molecule has 5 aromatic rings. The standard InChI is InChI=1S/C37H32Cl2N4O3/c1-25(44)36-40-43(31-8-3-2-4-9-31)37(42(36)30-16-14-29(15-17-30)41-19-21-45-22-20-41)35-32-10-6-5-7-26(32)12-18-34(35)46-24-27-11-13-28(38)23-33(27)39/h2-18,23,37H,19-22,24H2,1H3/t37-/m1/s1. The van der Waals surface area contributed by atoms with Crippen molar-refractivity contribution in [1.82, 2.24) is 0 Å². The van der Waals surface area contributed by atoms with E-state index in [-0.39, 0.29) is 12.4 Å². The number of nitrogens with zero attached hydrogens (tertiary/aromatic N) is 4. The number of carbonyl (C=O) groups excluding carboxylic acids is 1. The highest BCUT2D eigenvalue weighted by atomic mass is 35.5. The fraction of sp³-hybridized carbons (Fsp3) is 0.189. The van der Waals surface area contributed by atoms with Crippen LogP contribution in [0, 0.1) is 0 Å². The number of anilines is 3. The van der Waals surface area contributed by atoms with Crippen molar-refractivity contribution in [2.24, 2.45) is 5.10 Å². The summed E-state index contributed by atoms with van der Waals surface area (Å²) in [5.41, 5.74) is 4.49. The molecule has 0 amide bonds. The minimum atomic E-state index is -0.544. The van der Waals surface area contributed by atoms with Crippen molar-refractivity contribution in [3.8, 4) is 5.75 Å². The second kappa shape index (κ2) is 13.0. The van der Waals surface area contributed by atoms with Crippen LogP contribution in [0.1, 0.15) is 24.2 Å². The summed E-state index contributed by atoms with van der Waals surface area (Å²) in [6.07, 6.45) is -0.544. The molecule has 2 aliphatic heterocycles. The summed E-state index contributed by atoms with van der Waals surface area (Å²) >= 11 is 12.7. The van der Waals surface area contributed by atoms with E-state index in [2.05, 4.69) is 41.3 Å². The van der Waals surface area contributed by atoms with Gasteiger partial charge in [-0.25, -0.2) is 5.01 Å². The first-order valence-electron chi connectivity index (χ1n) is 15.2. The molecule has 2 aliphatic rings. The molecule has 7 nitrogen and oxygen atoms in total. The molecule has 0 radical (unpaired) electrons. The van der Waals surface area contributed by atoms with E-state index in [9.17, 15) is 4.79 Å². The Morgan fingerprint density at radius 2 is 1.57 bits per heavy atom. The van der Waals surface area contributed by atoms with Crippen molar-refractivity contribution in [2.45, 2.75) is 19.7 Å². The van der Waals surface area contributed by atoms with E-state index in [1.165, 1.54) is 0 Å². The van der Waals surface area contributed by atoms with Crippen molar-refractivity contribution in [2.75, 3.05) is 41.1 Å². The minimum absolute atomic E-state index is 0.142. The number of amidine groups is 1. The molecule has 5 aromatic carbocycles. The Balaban J connectivity index is 1.38. The fourth-order valence-corrected chi connectivity index (χ4v) is 6.54. The average molecular weight is 652 g/mol. The number of morpholine rings is 1. The fourth-order valence-electron chi connectivity index (χ4n) is 6.07. The number of hydrogen-bond donors (Lipinski definition) is 0. The number of ketones is 1. The molecule has 1 saturated heterocycles. The van der Waals surface area contributed by atoms with Gasteiger partial charge < -0.3 is 14.4 Å². The first kappa shape index (κ1) is 30.1. The third-order valence-corrected chi connectivity index (χ3v) is 8.92. The molecule has 0 spiro atoms. The van der Waals surface area contributed by atoms with Crippen LogP contribution >= 0.6 is 23.2 Å². The number of ether oxygens (including phenoxy) is 2. The van der Waals surface area contributed by atoms with Gasteiger partial charge in [0.15, 0.2) is 17.8 Å². The van der Waals surface area contributed by atoms with E-state index in [0.717, 1.165) is 52.1 Å². The summed E-state index contributed by atoms with van der Waals surface area (Å²) in [5, 5.41) is 10.0. The second-order valence-corrected chi connectivity index (χ2v) is 12.1. The van der Waals surface area contributed by atoms with Crippen molar-refractivity contribution in [3.05, 3.63) is 130 Å². The quantitative estimate of drug-likeness (QED) is 0.168. The Hall–Kier alpha value is -4.56. The van der Waals surface area contributed by atoms with Gasteiger partial charge >= 0.3 is 0 Å². The van der Waals surface area contributed by atoms with Gasteiger partial charge in [-0.3, -0.25) is 9.69 Å². The van der Waals surface area contributed by atoms with Gasteiger partial charge in [0.2, 0.25) is 0 Å². The van der Waals surface area contributed by atoms with Crippen LogP contribution < -0.4 is 19.5 Å². The number of hydrogen-bond acceptors (Lipinski definition) is 7. The smallest absolute Gasteiger partial charge is 0.198 e. The molecule has 232 valence electrons. The molecule has 2 heterocycles. The Morgan fingerprint density at radius 1 is 0.848 bits per heavy atom. The largest absolute Gasteiger partial charge is 0.488 e. The third kappa shape index (κ3) is 5.89. The Morgan fingerprint density at radius 3 is 2.30 bits per heavy atom. The predicted octanol–water partition coefficient (Wildman–Crippen LogP) is 8.49. The lowest BCUT2D eigenvalue weighted by atomic mass is 9.99. The average Bonchev–Trinajstić information content (AvgIpc) is 3.49. The third-order valence-electron chi connectivity index (χ3n) is 8.33. The summed E-state index contributed by atoms with van der Waals surface area (Å²) in [5.74, 6) is 0.856. The molecule has 7 rings (SSSR count). The van der Waals surface area contributed by atoms with Gasteiger partial charge in [-0.05, 0) is 65.4 Å². The molecule has 0 unspecified atom stereocenters. The number of Topliss-reactive ketones (excluding diaryl/α,β-unsaturated/α-hetero) is 1. The maximum absolute atomic E-state index is 13.3. The lowest BCUT2D eigenvalue weighted by Crippen LogP contribution is -2.38. The lowest BCUT2D eigenvalue weighted by Gasteiger charge is -2.34. The Labute approximate surface area is 278 Å². The Kier molecular flexibility index (Phi) is 8.54. The first-order chi connectivity index (χ1) is 22.5. The van der Waals surface area contributed by atoms with Crippen LogP contribution in [-0.4, -0.2) is 37.9 Å². The van der Waals surface area contributed by atoms with E-state index >= 15 is 0 Å². The van der Waals surface area contributed by atoms with Crippen LogP contribution in [-0.2, 0) is 16.1 Å². The van der Waals surface area contributed by atoms with Crippen LogP contribution in [0.3, 0.4) is 0 Å². The van der Waals surface area contributed by atoms with Gasteiger partial charge in [0.25, 0.3) is 0 Å². The maximum atomic E-state index is 13.3. The number of benzene rings is 5. The van der Waals surface area contributed by atoms with Crippen LogP contribution in [0.25, 0.3) is 10.8 Å². The topological polar surface area (TPSA) is 57.6 Å². The number of fused-ring (bicyclic) bond motifs is 1. The van der Waals surface area contributed by atoms with Gasteiger partial charge in [0, 0.05) is 52.6 Å². The van der Waals surface area contributed by atoms with E-state index in [1.54, 1.807) is 19.1 Å². The summed E-state index contributed by atoms with van der Waals surface area (Å²) in [7, 11) is 0. The van der Waals surface area contributed by atoms with Crippen LogP contribution in [0.2, 0.25) is 10.0 Å². The molecule has 0 N–H and O–H groups in total. The molecule has 0 aromatic heterocycles. The summed E-state index contributed by atoms with van der Waals surface area (Å²) in [6, 6.07) is 35.8. The van der Waals surface area contributed by atoms with Gasteiger partial charge in [-0.2, -0.15) is 0 Å². The zero-order valence-electron chi connectivity index (χ0n) is 25.3. The zero-order chi connectivity index (χ0) is 31.6. The normalized spacial score (nSPS) is 16.5. The summed E-state index contributed by atoms with van der Waals surface area (Å²) in [6.45, 7) is 4.86. The molecule has 0 aliphatic carbocycles. The van der Waals surface area contributed by atoms with E-state index in [4.69, 9.17) is 37.8 Å². The molecule has 9 heteroatoms. The van der Waals surface area contributed by atoms with Crippen LogP contribution in [0.15, 0.2) is 114 Å². The number of para-hydroxylation sites is 1. The van der Waals surface area contributed by atoms with Crippen molar-refractivity contribution in [1.29, 1.82) is 0 Å². The Bertz CT molecular complexity index is 1910. The van der Waals surface area contributed by atoms with Gasteiger partial charge in [-0.1, -0.05) is 77.8 Å². The molecule has 1 atom stereocenters. The predicted molar refractivity (Wildman–Crippen MR) is 186 cm³/mol. The highest BCUT2D eigenvalue weighted by molar-refractivity contribution is 6.44. The number of halogens is 2. The maximum Gasteiger partial charge on any atom is 0.198 e. The van der Waals surface area contributed by atoms with E-state index < -0.39 is 6.17 Å². The summed E-state index contributed by atoms with van der Waals surface area (Å²) < 4.78 is 12.1. The molecule has 0 saturated carbocycles. The van der Waals surface area contributed by atoms with Gasteiger partial charge in [0.05, 0.1) is 18.9 Å². The zero-order valence-corrected chi connectivity index (χ0v) is 26.8. The minimum Gasteiger partial charge on any atom is -0.488 e. The van der Waals surface area contributed by atoms with Crippen LogP contribution in [0.5, 0.6) is 5.75 Å².